The Kier molecular flexibility index (Phi) is 4.82. The van der Waals surface area contributed by atoms with E-state index in [1.165, 1.54) is 7.11 Å². The molecule has 23 heavy (non-hydrogen) atoms. The van der Waals surface area contributed by atoms with Crippen LogP contribution in [0.5, 0.6) is 11.5 Å². The number of carbonyl (C=O) groups is 2. The normalized spacial score (nSPS) is 18.0. The highest BCUT2D eigenvalue weighted by Crippen LogP contribution is 2.31. The summed E-state index contributed by atoms with van der Waals surface area (Å²) in [6.45, 7) is 6.34. The number of hydrogen-bond donors (Lipinski definition) is 1. The minimum Gasteiger partial charge on any atom is -0.497 e. The zero-order valence-corrected chi connectivity index (χ0v) is 14.3. The van der Waals surface area contributed by atoms with Crippen molar-refractivity contribution in [3.05, 3.63) is 18.2 Å². The predicted octanol–water partition coefficient (Wildman–Crippen LogP) is 2.29. The van der Waals surface area contributed by atoms with Crippen LogP contribution in [0.25, 0.3) is 0 Å². The van der Waals surface area contributed by atoms with Crippen LogP contribution in [0.2, 0.25) is 0 Å². The van der Waals surface area contributed by atoms with E-state index in [-0.39, 0.29) is 29.7 Å². The highest BCUT2D eigenvalue weighted by atomic mass is 16.5. The summed E-state index contributed by atoms with van der Waals surface area (Å²) in [4.78, 5) is 26.4. The third-order valence-electron chi connectivity index (χ3n) is 3.97. The number of nitrogens with one attached hydrogen (secondary N) is 1. The second kappa shape index (κ2) is 6.48. The molecular weight excluding hydrogens is 296 g/mol. The number of benzene rings is 1. The Labute approximate surface area is 136 Å². The van der Waals surface area contributed by atoms with Gasteiger partial charge in [0.25, 0.3) is 0 Å². The van der Waals surface area contributed by atoms with Crippen LogP contribution in [-0.4, -0.2) is 43.0 Å². The van der Waals surface area contributed by atoms with E-state index in [4.69, 9.17) is 9.47 Å². The van der Waals surface area contributed by atoms with Gasteiger partial charge in [0.15, 0.2) is 0 Å². The molecule has 1 aromatic carbocycles. The lowest BCUT2D eigenvalue weighted by atomic mass is 10.1. The molecule has 6 heteroatoms. The smallest absolute Gasteiger partial charge is 0.229 e. The molecule has 126 valence electrons. The molecule has 0 aromatic heterocycles. The quantitative estimate of drug-likeness (QED) is 0.924. The summed E-state index contributed by atoms with van der Waals surface area (Å²) in [5.41, 5.74) is 0.262. The lowest BCUT2D eigenvalue weighted by Gasteiger charge is -2.31. The fourth-order valence-electron chi connectivity index (χ4n) is 2.68. The number of carbonyl (C=O) groups excluding carboxylic acids is 2. The van der Waals surface area contributed by atoms with Gasteiger partial charge in [0.1, 0.15) is 11.5 Å². The molecule has 1 aliphatic rings. The summed E-state index contributed by atoms with van der Waals surface area (Å²) in [6, 6.07) is 5.19. The topological polar surface area (TPSA) is 67.9 Å². The molecule has 1 atom stereocenters. The van der Waals surface area contributed by atoms with Crippen molar-refractivity contribution >= 4 is 17.5 Å². The predicted molar refractivity (Wildman–Crippen MR) is 87.7 cm³/mol. The van der Waals surface area contributed by atoms with E-state index in [1.807, 2.05) is 20.8 Å². The first-order valence-electron chi connectivity index (χ1n) is 7.59. The van der Waals surface area contributed by atoms with Crippen LogP contribution in [-0.2, 0) is 9.59 Å². The van der Waals surface area contributed by atoms with Crippen LogP contribution in [0.4, 0.5) is 5.69 Å². The molecular formula is C17H24N2O4. The molecule has 0 aliphatic carbocycles. The maximum atomic E-state index is 12.5. The Bertz CT molecular complexity index is 607. The Morgan fingerprint density at radius 2 is 1.96 bits per heavy atom. The van der Waals surface area contributed by atoms with Crippen molar-refractivity contribution in [1.29, 1.82) is 0 Å². The average Bonchev–Trinajstić information content (AvgIpc) is 2.89. The summed E-state index contributed by atoms with van der Waals surface area (Å²) in [5.74, 6) is 0.639. The van der Waals surface area contributed by atoms with E-state index < -0.39 is 0 Å². The molecule has 0 radical (unpaired) electrons. The molecule has 0 saturated carbocycles. The number of likely N-dealkylation sites (tertiary alicyclic amines) is 1. The van der Waals surface area contributed by atoms with Crippen LogP contribution in [0.15, 0.2) is 18.2 Å². The maximum Gasteiger partial charge on any atom is 0.229 e. The van der Waals surface area contributed by atoms with Crippen LogP contribution in [0.3, 0.4) is 0 Å². The molecule has 0 bridgehead atoms. The third kappa shape index (κ3) is 3.75. The molecule has 1 N–H and O–H groups in total. The fraction of sp³-hybridized carbons (Fsp3) is 0.529. The fourth-order valence-corrected chi connectivity index (χ4v) is 2.68. The summed E-state index contributed by atoms with van der Waals surface area (Å²) in [7, 11) is 3.10. The molecule has 1 aromatic rings. The van der Waals surface area contributed by atoms with Gasteiger partial charge in [-0.3, -0.25) is 9.59 Å². The molecule has 2 amide bonds. The zero-order valence-electron chi connectivity index (χ0n) is 14.3. The van der Waals surface area contributed by atoms with E-state index in [1.54, 1.807) is 30.2 Å². The van der Waals surface area contributed by atoms with Crippen LogP contribution in [0, 0.1) is 5.92 Å². The highest BCUT2D eigenvalue weighted by molar-refractivity contribution is 5.98. The first kappa shape index (κ1) is 17.1. The molecule has 2 rings (SSSR count). The van der Waals surface area contributed by atoms with Crippen molar-refractivity contribution in [2.75, 3.05) is 26.1 Å². The van der Waals surface area contributed by atoms with E-state index in [9.17, 15) is 9.59 Å². The summed E-state index contributed by atoms with van der Waals surface area (Å²) >= 11 is 0. The van der Waals surface area contributed by atoms with E-state index >= 15 is 0 Å². The molecule has 1 heterocycles. The van der Waals surface area contributed by atoms with Crippen molar-refractivity contribution in [2.24, 2.45) is 5.92 Å². The lowest BCUT2D eigenvalue weighted by molar-refractivity contribution is -0.131. The van der Waals surface area contributed by atoms with Crippen LogP contribution >= 0.6 is 0 Å². The highest BCUT2D eigenvalue weighted by Gasteiger charge is 2.39. The van der Waals surface area contributed by atoms with Gasteiger partial charge in [0.2, 0.25) is 11.8 Å². The SMILES string of the molecule is COc1ccc(OC)c(NC(=O)[C@@H]2CC(=O)N(C(C)(C)C)C2)c1. The van der Waals surface area contributed by atoms with Gasteiger partial charge in [0, 0.05) is 24.6 Å². The second-order valence-electron chi connectivity index (χ2n) is 6.63. The second-order valence-corrected chi connectivity index (χ2v) is 6.63. The average molecular weight is 320 g/mol. The van der Waals surface area contributed by atoms with Gasteiger partial charge >= 0.3 is 0 Å². The van der Waals surface area contributed by atoms with Crippen molar-refractivity contribution in [1.82, 2.24) is 4.90 Å². The third-order valence-corrected chi connectivity index (χ3v) is 3.97. The minimum absolute atomic E-state index is 0.00950. The number of anilines is 1. The van der Waals surface area contributed by atoms with Crippen molar-refractivity contribution < 1.29 is 19.1 Å². The Morgan fingerprint density at radius 3 is 2.48 bits per heavy atom. The zero-order chi connectivity index (χ0) is 17.2. The Morgan fingerprint density at radius 1 is 1.26 bits per heavy atom. The minimum atomic E-state index is -0.363. The standard InChI is InChI=1S/C17H24N2O4/c1-17(2,3)19-10-11(8-15(19)20)16(21)18-13-9-12(22-4)6-7-14(13)23-5/h6-7,9,11H,8,10H2,1-5H3,(H,18,21)/t11-/m1/s1. The van der Waals surface area contributed by atoms with Crippen molar-refractivity contribution in [3.8, 4) is 11.5 Å². The lowest BCUT2D eigenvalue weighted by Crippen LogP contribution is -2.42. The van der Waals surface area contributed by atoms with Crippen LogP contribution in [0.1, 0.15) is 27.2 Å². The Hall–Kier alpha value is -2.24. The molecule has 0 unspecified atom stereocenters. The van der Waals surface area contributed by atoms with Crippen LogP contribution < -0.4 is 14.8 Å². The summed E-state index contributed by atoms with van der Waals surface area (Å²) in [6.07, 6.45) is 0.232. The number of ether oxygens (including phenoxy) is 2. The summed E-state index contributed by atoms with van der Waals surface area (Å²) in [5, 5.41) is 2.85. The molecule has 1 aliphatic heterocycles. The molecule has 1 fully saturated rings. The summed E-state index contributed by atoms with van der Waals surface area (Å²) < 4.78 is 10.4. The first-order valence-corrected chi connectivity index (χ1v) is 7.59. The number of methoxy groups -OCH3 is 2. The van der Waals surface area contributed by atoms with E-state index in [2.05, 4.69) is 5.32 Å². The number of hydrogen-bond acceptors (Lipinski definition) is 4. The van der Waals surface area contributed by atoms with Gasteiger partial charge in [-0.05, 0) is 32.9 Å². The molecule has 0 spiro atoms. The van der Waals surface area contributed by atoms with Gasteiger partial charge in [0.05, 0.1) is 25.8 Å². The van der Waals surface area contributed by atoms with E-state index in [0.29, 0.717) is 23.7 Å². The monoisotopic (exact) mass is 320 g/mol. The van der Waals surface area contributed by atoms with Gasteiger partial charge in [-0.25, -0.2) is 0 Å². The maximum absolute atomic E-state index is 12.5. The van der Waals surface area contributed by atoms with Gasteiger partial charge in [-0.15, -0.1) is 0 Å². The van der Waals surface area contributed by atoms with Gasteiger partial charge < -0.3 is 19.7 Å². The van der Waals surface area contributed by atoms with Crippen molar-refractivity contribution in [3.63, 3.8) is 0 Å². The van der Waals surface area contributed by atoms with Gasteiger partial charge in [-0.1, -0.05) is 0 Å². The Balaban J connectivity index is 2.13. The number of rotatable bonds is 4. The van der Waals surface area contributed by atoms with E-state index in [0.717, 1.165) is 0 Å². The van der Waals surface area contributed by atoms with Crippen molar-refractivity contribution in [2.45, 2.75) is 32.7 Å². The first-order chi connectivity index (χ1) is 10.8. The largest absolute Gasteiger partial charge is 0.497 e. The number of nitrogens with zero attached hydrogens (tertiary/aromatic N) is 1. The molecule has 6 nitrogen and oxygen atoms in total. The molecule has 1 saturated heterocycles. The van der Waals surface area contributed by atoms with Gasteiger partial charge in [-0.2, -0.15) is 0 Å². The number of amides is 2.